The minimum atomic E-state index is -4.52. The Morgan fingerprint density at radius 2 is 1.91 bits per heavy atom. The molecule has 1 saturated heterocycles. The van der Waals surface area contributed by atoms with Gasteiger partial charge in [0, 0.05) is 32.2 Å². The Hall–Kier alpha value is -2.62. The van der Waals surface area contributed by atoms with Gasteiger partial charge in [0.05, 0.1) is 18.0 Å². The number of hydrogen-bond donors (Lipinski definition) is 1. The zero-order valence-electron chi connectivity index (χ0n) is 19.5. The lowest BCUT2D eigenvalue weighted by Gasteiger charge is -2.24. The summed E-state index contributed by atoms with van der Waals surface area (Å²) >= 11 is 0. The number of carbonyl (C=O) groups is 1. The van der Waals surface area contributed by atoms with Crippen molar-refractivity contribution in [1.29, 1.82) is 0 Å². The van der Waals surface area contributed by atoms with Crippen molar-refractivity contribution < 1.29 is 27.1 Å². The van der Waals surface area contributed by atoms with E-state index in [1.54, 1.807) is 13.0 Å². The van der Waals surface area contributed by atoms with Gasteiger partial charge in [-0.2, -0.15) is 18.3 Å². The summed E-state index contributed by atoms with van der Waals surface area (Å²) in [5.41, 5.74) is 0.562. The van der Waals surface area contributed by atoms with E-state index in [9.17, 15) is 22.4 Å². The molecule has 33 heavy (non-hydrogen) atoms. The molecule has 1 fully saturated rings. The summed E-state index contributed by atoms with van der Waals surface area (Å²) in [5.74, 6) is -0.784. The molecule has 2 aromatic rings. The molecule has 1 amide bonds. The Bertz CT molecular complexity index is 988. The maximum absolute atomic E-state index is 14.9. The number of rotatable bonds is 4. The molecule has 0 unspecified atom stereocenters. The SMILES string of the molecule is Cc1cc(N2CCO[C@@H](c3cc(C(F)(F)F)nn3C)CC2)cc(F)c1NC(=O)CC(C)(C)C. The summed E-state index contributed by atoms with van der Waals surface area (Å²) in [4.78, 5) is 14.2. The second-order valence-corrected chi connectivity index (χ2v) is 9.62. The van der Waals surface area contributed by atoms with Crippen molar-refractivity contribution in [3.05, 3.63) is 41.0 Å². The van der Waals surface area contributed by atoms with E-state index in [1.165, 1.54) is 17.8 Å². The molecule has 0 spiro atoms. The summed E-state index contributed by atoms with van der Waals surface area (Å²) in [6, 6.07) is 4.17. The van der Waals surface area contributed by atoms with Crippen LogP contribution in [0.5, 0.6) is 0 Å². The first-order chi connectivity index (χ1) is 15.2. The van der Waals surface area contributed by atoms with Gasteiger partial charge in [-0.1, -0.05) is 20.8 Å². The number of hydrogen-bond acceptors (Lipinski definition) is 4. The van der Waals surface area contributed by atoms with Gasteiger partial charge in [-0.3, -0.25) is 9.48 Å². The molecule has 1 N–H and O–H groups in total. The fourth-order valence-corrected chi connectivity index (χ4v) is 3.92. The van der Waals surface area contributed by atoms with Crippen molar-refractivity contribution in [3.8, 4) is 0 Å². The molecular weight excluding hydrogens is 440 g/mol. The van der Waals surface area contributed by atoms with E-state index in [-0.39, 0.29) is 30.0 Å². The number of alkyl halides is 3. The third kappa shape index (κ3) is 6.25. The molecule has 2 heterocycles. The molecule has 0 aliphatic carbocycles. The van der Waals surface area contributed by atoms with Gasteiger partial charge in [-0.15, -0.1) is 0 Å². The Kier molecular flexibility index (Phi) is 7.07. The van der Waals surface area contributed by atoms with Crippen LogP contribution in [0.2, 0.25) is 0 Å². The van der Waals surface area contributed by atoms with Crippen LogP contribution in [-0.2, 0) is 22.8 Å². The van der Waals surface area contributed by atoms with Crippen LogP contribution in [0.1, 0.15) is 56.7 Å². The maximum Gasteiger partial charge on any atom is 0.435 e. The van der Waals surface area contributed by atoms with Gasteiger partial charge < -0.3 is 15.0 Å². The summed E-state index contributed by atoms with van der Waals surface area (Å²) in [6.07, 6.45) is -4.39. The van der Waals surface area contributed by atoms with E-state index in [0.717, 1.165) is 6.07 Å². The molecule has 1 aromatic heterocycles. The molecule has 1 aliphatic rings. The number of benzene rings is 1. The van der Waals surface area contributed by atoms with Crippen molar-refractivity contribution in [1.82, 2.24) is 9.78 Å². The highest BCUT2D eigenvalue weighted by molar-refractivity contribution is 5.92. The Labute approximate surface area is 190 Å². The van der Waals surface area contributed by atoms with Crippen LogP contribution in [0.15, 0.2) is 18.2 Å². The van der Waals surface area contributed by atoms with Crippen LogP contribution >= 0.6 is 0 Å². The van der Waals surface area contributed by atoms with Crippen molar-refractivity contribution >= 4 is 17.3 Å². The lowest BCUT2D eigenvalue weighted by molar-refractivity contribution is -0.141. The molecule has 3 rings (SSSR count). The quantitative estimate of drug-likeness (QED) is 0.622. The maximum atomic E-state index is 14.9. The molecule has 1 aromatic carbocycles. The smallest absolute Gasteiger partial charge is 0.370 e. The third-order valence-corrected chi connectivity index (χ3v) is 5.47. The summed E-state index contributed by atoms with van der Waals surface area (Å²) in [7, 11) is 1.46. The average molecular weight is 471 g/mol. The molecule has 1 atom stereocenters. The first-order valence-corrected chi connectivity index (χ1v) is 10.8. The fraction of sp³-hybridized carbons (Fsp3) is 0.565. The van der Waals surface area contributed by atoms with Crippen LogP contribution in [0, 0.1) is 18.2 Å². The predicted molar refractivity (Wildman–Crippen MR) is 118 cm³/mol. The average Bonchev–Trinajstić information content (AvgIpc) is 2.91. The standard InChI is InChI=1S/C23H30F4N4O2/c1-14-10-15(11-16(24)21(14)28-20(32)13-22(2,3)4)31-7-6-18(33-9-8-31)17-12-19(23(25,26)27)29-30(17)5/h10-12,18H,6-9,13H2,1-5H3,(H,28,32)/t18-/m1/s1. The van der Waals surface area contributed by atoms with Gasteiger partial charge in [0.25, 0.3) is 0 Å². The number of amides is 1. The van der Waals surface area contributed by atoms with Gasteiger partial charge in [-0.25, -0.2) is 4.39 Å². The fourth-order valence-electron chi connectivity index (χ4n) is 3.92. The van der Waals surface area contributed by atoms with Gasteiger partial charge in [0.15, 0.2) is 5.69 Å². The molecule has 0 bridgehead atoms. The molecular formula is C23H30F4N4O2. The first-order valence-electron chi connectivity index (χ1n) is 10.8. The monoisotopic (exact) mass is 470 g/mol. The zero-order valence-corrected chi connectivity index (χ0v) is 19.5. The number of aromatic nitrogens is 2. The van der Waals surface area contributed by atoms with Crippen LogP contribution in [0.25, 0.3) is 0 Å². The number of ether oxygens (including phenoxy) is 1. The summed E-state index contributed by atoms with van der Waals surface area (Å²) in [6.45, 7) is 8.71. The van der Waals surface area contributed by atoms with Crippen molar-refractivity contribution in [3.63, 3.8) is 0 Å². The van der Waals surface area contributed by atoms with Crippen molar-refractivity contribution in [2.24, 2.45) is 12.5 Å². The number of halogens is 4. The topological polar surface area (TPSA) is 59.4 Å². The minimum Gasteiger partial charge on any atom is -0.370 e. The van der Waals surface area contributed by atoms with Gasteiger partial charge in [0.2, 0.25) is 5.91 Å². The van der Waals surface area contributed by atoms with E-state index in [2.05, 4.69) is 10.4 Å². The first kappa shape index (κ1) is 25.0. The van der Waals surface area contributed by atoms with E-state index in [1.807, 2.05) is 25.7 Å². The molecule has 6 nitrogen and oxygen atoms in total. The molecule has 1 aliphatic heterocycles. The summed E-state index contributed by atoms with van der Waals surface area (Å²) in [5, 5.41) is 6.23. The Balaban J connectivity index is 1.73. The number of nitrogens with one attached hydrogen (secondary N) is 1. The Morgan fingerprint density at radius 1 is 1.21 bits per heavy atom. The van der Waals surface area contributed by atoms with Crippen LogP contribution in [-0.4, -0.2) is 35.4 Å². The highest BCUT2D eigenvalue weighted by Gasteiger charge is 2.36. The normalized spacial score (nSPS) is 17.7. The number of anilines is 2. The lowest BCUT2D eigenvalue weighted by Crippen LogP contribution is -2.26. The molecule has 10 heteroatoms. The lowest BCUT2D eigenvalue weighted by atomic mass is 9.92. The van der Waals surface area contributed by atoms with E-state index in [4.69, 9.17) is 4.74 Å². The van der Waals surface area contributed by atoms with Crippen molar-refractivity contribution in [2.75, 3.05) is 29.9 Å². The molecule has 0 radical (unpaired) electrons. The Morgan fingerprint density at radius 3 is 2.48 bits per heavy atom. The van der Waals surface area contributed by atoms with Crippen LogP contribution in [0.4, 0.5) is 28.9 Å². The van der Waals surface area contributed by atoms with Gasteiger partial charge in [0.1, 0.15) is 11.9 Å². The molecule has 182 valence electrons. The zero-order chi connectivity index (χ0) is 24.6. The second kappa shape index (κ2) is 9.32. The van der Waals surface area contributed by atoms with Crippen molar-refractivity contribution in [2.45, 2.75) is 52.8 Å². The van der Waals surface area contributed by atoms with E-state index in [0.29, 0.717) is 36.5 Å². The predicted octanol–water partition coefficient (Wildman–Crippen LogP) is 5.23. The van der Waals surface area contributed by atoms with Crippen LogP contribution < -0.4 is 10.2 Å². The number of aryl methyl sites for hydroxylation is 2. The van der Waals surface area contributed by atoms with Gasteiger partial charge in [-0.05, 0) is 42.5 Å². The van der Waals surface area contributed by atoms with E-state index >= 15 is 0 Å². The highest BCUT2D eigenvalue weighted by Crippen LogP contribution is 2.34. The number of nitrogens with zero attached hydrogens (tertiary/aromatic N) is 3. The second-order valence-electron chi connectivity index (χ2n) is 9.62. The molecule has 0 saturated carbocycles. The largest absolute Gasteiger partial charge is 0.435 e. The van der Waals surface area contributed by atoms with Crippen LogP contribution in [0.3, 0.4) is 0 Å². The van der Waals surface area contributed by atoms with Gasteiger partial charge >= 0.3 is 6.18 Å². The highest BCUT2D eigenvalue weighted by atomic mass is 19.4. The minimum absolute atomic E-state index is 0.159. The number of carbonyl (C=O) groups excluding carboxylic acids is 1. The third-order valence-electron chi connectivity index (χ3n) is 5.47. The van der Waals surface area contributed by atoms with E-state index < -0.39 is 23.8 Å². The summed E-state index contributed by atoms with van der Waals surface area (Å²) < 4.78 is 60.9.